The maximum absolute atomic E-state index is 5.79. The van der Waals surface area contributed by atoms with Crippen LogP contribution < -0.4 is 5.32 Å². The van der Waals surface area contributed by atoms with E-state index in [1.165, 1.54) is 0 Å². The van der Waals surface area contributed by atoms with E-state index in [0.717, 1.165) is 12.2 Å². The lowest BCUT2D eigenvalue weighted by atomic mass is 9.92. The summed E-state index contributed by atoms with van der Waals surface area (Å²) in [7, 11) is 7.41. The third-order valence-electron chi connectivity index (χ3n) is 1.66. The average molecular weight is 193 g/mol. The summed E-state index contributed by atoms with van der Waals surface area (Å²) in [4.78, 5) is 0. The van der Waals surface area contributed by atoms with Gasteiger partial charge in [-0.15, -0.1) is 0 Å². The number of rotatable bonds is 5. The Kier molecular flexibility index (Phi) is 5.62. The highest BCUT2D eigenvalue weighted by Crippen LogP contribution is 2.12. The number of methoxy groups -OCH3 is 1. The zero-order valence-electron chi connectivity index (χ0n) is 9.68. The van der Waals surface area contributed by atoms with Crippen molar-refractivity contribution in [2.75, 3.05) is 20.3 Å². The zero-order valence-corrected chi connectivity index (χ0v) is 9.68. The van der Waals surface area contributed by atoms with Crippen LogP contribution in [0.5, 0.6) is 0 Å². The molecule has 0 unspecified atom stereocenters. The minimum Gasteiger partial charge on any atom is -0.385 e. The Bertz CT molecular complexity index is 216. The molecule has 0 aromatic heterocycles. The van der Waals surface area contributed by atoms with Crippen LogP contribution in [0.2, 0.25) is 0 Å². The predicted molar refractivity (Wildman–Crippen MR) is 62.3 cm³/mol. The van der Waals surface area contributed by atoms with Gasteiger partial charge in [-0.1, -0.05) is 32.8 Å². The van der Waals surface area contributed by atoms with Crippen LogP contribution in [-0.4, -0.2) is 28.1 Å². The van der Waals surface area contributed by atoms with E-state index >= 15 is 0 Å². The third kappa shape index (κ3) is 5.87. The highest BCUT2D eigenvalue weighted by molar-refractivity contribution is 6.22. The molecule has 0 saturated carbocycles. The smallest absolute Gasteiger partial charge is 0.113 e. The fraction of sp³-hybridized carbons (Fsp3) is 0.636. The Morgan fingerprint density at radius 2 is 2.07 bits per heavy atom. The molecule has 0 rings (SSSR count). The molecule has 3 heteroatoms. The molecule has 0 saturated heterocycles. The molecular weight excluding hydrogens is 173 g/mol. The number of nitrogens with one attached hydrogen (secondary N) is 1. The Morgan fingerprint density at radius 1 is 1.50 bits per heavy atom. The van der Waals surface area contributed by atoms with Crippen molar-refractivity contribution in [2.45, 2.75) is 20.8 Å². The molecule has 14 heavy (non-hydrogen) atoms. The lowest BCUT2D eigenvalue weighted by Crippen LogP contribution is -2.27. The van der Waals surface area contributed by atoms with Crippen LogP contribution in [0.1, 0.15) is 20.8 Å². The monoisotopic (exact) mass is 193 g/mol. The van der Waals surface area contributed by atoms with Crippen molar-refractivity contribution in [3.8, 4) is 0 Å². The Hall–Kier alpha value is -0.695. The molecule has 2 nitrogen and oxygen atoms in total. The normalized spacial score (nSPS) is 13.4. The van der Waals surface area contributed by atoms with Crippen molar-refractivity contribution in [1.82, 2.24) is 5.32 Å². The summed E-state index contributed by atoms with van der Waals surface area (Å²) in [6.45, 7) is 11.5. The highest BCUT2D eigenvalue weighted by Gasteiger charge is 2.09. The van der Waals surface area contributed by atoms with Gasteiger partial charge in [-0.05, 0) is 11.5 Å². The van der Waals surface area contributed by atoms with Crippen LogP contribution in [0.3, 0.4) is 0 Å². The van der Waals surface area contributed by atoms with Gasteiger partial charge in [0.1, 0.15) is 7.85 Å². The van der Waals surface area contributed by atoms with Crippen LogP contribution in [0, 0.1) is 5.41 Å². The third-order valence-corrected chi connectivity index (χ3v) is 1.66. The summed E-state index contributed by atoms with van der Waals surface area (Å²) in [5.41, 5.74) is 1.77. The first-order valence-electron chi connectivity index (χ1n) is 4.74. The maximum Gasteiger partial charge on any atom is 0.113 e. The van der Waals surface area contributed by atoms with E-state index < -0.39 is 0 Å². The van der Waals surface area contributed by atoms with Crippen LogP contribution in [0.15, 0.2) is 23.8 Å². The Labute approximate surface area is 88.8 Å². The fourth-order valence-corrected chi connectivity index (χ4v) is 0.910. The number of allylic oxidation sites excluding steroid dienone is 1. The van der Waals surface area contributed by atoms with E-state index in [-0.39, 0.29) is 5.41 Å². The average Bonchev–Trinajstić information content (AvgIpc) is 2.03. The molecule has 0 atom stereocenters. The molecule has 0 aliphatic rings. The first-order valence-corrected chi connectivity index (χ1v) is 4.74. The molecule has 0 spiro atoms. The Balaban J connectivity index is 4.29. The van der Waals surface area contributed by atoms with Gasteiger partial charge >= 0.3 is 0 Å². The summed E-state index contributed by atoms with van der Waals surface area (Å²) in [6, 6.07) is 0. The second-order valence-electron chi connectivity index (χ2n) is 4.49. The minimum atomic E-state index is 0.224. The first-order chi connectivity index (χ1) is 6.40. The highest BCUT2D eigenvalue weighted by atomic mass is 16.5. The van der Waals surface area contributed by atoms with Gasteiger partial charge in [-0.2, -0.15) is 0 Å². The van der Waals surface area contributed by atoms with Crippen LogP contribution in [0.4, 0.5) is 0 Å². The van der Waals surface area contributed by atoms with E-state index in [0.29, 0.717) is 12.1 Å². The number of hydrogen-bond donors (Lipinski definition) is 1. The quantitative estimate of drug-likeness (QED) is 0.531. The number of ether oxygens (including phenoxy) is 1. The number of hydrogen-bond acceptors (Lipinski definition) is 2. The van der Waals surface area contributed by atoms with E-state index in [2.05, 4.69) is 32.7 Å². The van der Waals surface area contributed by atoms with Crippen LogP contribution in [-0.2, 0) is 4.74 Å². The van der Waals surface area contributed by atoms with Crippen molar-refractivity contribution in [2.24, 2.45) is 5.41 Å². The van der Waals surface area contributed by atoms with E-state index in [1.807, 2.05) is 0 Å². The van der Waals surface area contributed by atoms with Gasteiger partial charge in [-0.25, -0.2) is 0 Å². The molecule has 0 bridgehead atoms. The molecule has 78 valence electrons. The summed E-state index contributed by atoms with van der Waals surface area (Å²) < 4.78 is 4.95. The summed E-state index contributed by atoms with van der Waals surface area (Å²) in [5.74, 6) is 0. The van der Waals surface area contributed by atoms with Crippen molar-refractivity contribution >= 4 is 7.85 Å². The first kappa shape index (κ1) is 13.3. The second-order valence-corrected chi connectivity index (χ2v) is 4.49. The van der Waals surface area contributed by atoms with Crippen molar-refractivity contribution in [3.05, 3.63) is 23.8 Å². The van der Waals surface area contributed by atoms with Gasteiger partial charge in [0.25, 0.3) is 0 Å². The summed E-state index contributed by atoms with van der Waals surface area (Å²) in [5, 5.41) is 3.25. The van der Waals surface area contributed by atoms with Gasteiger partial charge in [0, 0.05) is 19.4 Å². The molecular formula is C11H20BNO. The van der Waals surface area contributed by atoms with E-state index in [1.54, 1.807) is 13.2 Å². The molecule has 0 aliphatic heterocycles. The second kappa shape index (κ2) is 5.92. The fourth-order valence-electron chi connectivity index (χ4n) is 0.910. The van der Waals surface area contributed by atoms with Gasteiger partial charge in [0.15, 0.2) is 0 Å². The maximum atomic E-state index is 5.79. The molecule has 0 aromatic carbocycles. The van der Waals surface area contributed by atoms with Crippen LogP contribution >= 0.6 is 0 Å². The van der Waals surface area contributed by atoms with E-state index in [4.69, 9.17) is 12.6 Å². The lowest BCUT2D eigenvalue weighted by Gasteiger charge is -2.21. The Morgan fingerprint density at radius 3 is 2.43 bits per heavy atom. The largest absolute Gasteiger partial charge is 0.385 e. The molecule has 0 fully saturated rings. The standard InChI is InChI=1S/C11H20BNO/c1-6-10(9(12)7-14-5)13-8-11(2,3)4/h6,13H,1,7-8H2,2-5H3/b10-9-. The van der Waals surface area contributed by atoms with Gasteiger partial charge in [0.05, 0.1) is 6.61 Å². The van der Waals surface area contributed by atoms with Crippen molar-refractivity contribution < 1.29 is 4.74 Å². The van der Waals surface area contributed by atoms with Gasteiger partial charge in [0.2, 0.25) is 0 Å². The molecule has 1 N–H and O–H groups in total. The molecule has 2 radical (unpaired) electrons. The minimum absolute atomic E-state index is 0.224. The predicted octanol–water partition coefficient (Wildman–Crippen LogP) is 1.83. The molecule has 0 heterocycles. The summed E-state index contributed by atoms with van der Waals surface area (Å²) >= 11 is 0. The lowest BCUT2D eigenvalue weighted by molar-refractivity contribution is 0.230. The van der Waals surface area contributed by atoms with Gasteiger partial charge < -0.3 is 10.1 Å². The zero-order chi connectivity index (χ0) is 11.2. The molecule has 0 amide bonds. The van der Waals surface area contributed by atoms with Crippen molar-refractivity contribution in [1.29, 1.82) is 0 Å². The topological polar surface area (TPSA) is 21.3 Å². The summed E-state index contributed by atoms with van der Waals surface area (Å²) in [6.07, 6.45) is 1.72. The molecule has 0 aromatic rings. The SMILES string of the molecule is [B]/C(COC)=C(/C=C)NCC(C)(C)C. The van der Waals surface area contributed by atoms with Crippen molar-refractivity contribution in [3.63, 3.8) is 0 Å². The van der Waals surface area contributed by atoms with Crippen LogP contribution in [0.25, 0.3) is 0 Å². The molecule has 0 aliphatic carbocycles. The van der Waals surface area contributed by atoms with Gasteiger partial charge in [-0.3, -0.25) is 0 Å². The van der Waals surface area contributed by atoms with E-state index in [9.17, 15) is 0 Å².